The van der Waals surface area contributed by atoms with Gasteiger partial charge in [-0.25, -0.2) is 14.6 Å². The van der Waals surface area contributed by atoms with Gasteiger partial charge in [0.15, 0.2) is 0 Å². The minimum atomic E-state index is -0.268. The lowest BCUT2D eigenvalue weighted by Crippen LogP contribution is -2.23. The summed E-state index contributed by atoms with van der Waals surface area (Å²) in [5.74, 6) is -0.138. The largest absolute Gasteiger partial charge is 0.319 e. The van der Waals surface area contributed by atoms with Crippen molar-refractivity contribution in [1.82, 2.24) is 19.3 Å². The summed E-state index contributed by atoms with van der Waals surface area (Å²) in [5, 5.41) is 3.46. The van der Waals surface area contributed by atoms with Crippen molar-refractivity contribution in [2.75, 3.05) is 11.1 Å². The minimum Gasteiger partial charge on any atom is -0.319 e. The quantitative estimate of drug-likeness (QED) is 0.372. The molecule has 0 bridgehead atoms. The lowest BCUT2D eigenvalue weighted by atomic mass is 10.1. The first kappa shape index (κ1) is 20.6. The van der Waals surface area contributed by atoms with E-state index in [2.05, 4.69) is 15.3 Å². The number of hydrogen-bond acceptors (Lipinski definition) is 5. The maximum atomic E-state index is 12.9. The van der Waals surface area contributed by atoms with Gasteiger partial charge < -0.3 is 5.32 Å². The zero-order valence-electron chi connectivity index (χ0n) is 17.1. The van der Waals surface area contributed by atoms with E-state index in [1.54, 1.807) is 18.7 Å². The molecule has 0 spiro atoms. The van der Waals surface area contributed by atoms with E-state index in [4.69, 9.17) is 0 Å². The van der Waals surface area contributed by atoms with Crippen molar-refractivity contribution < 1.29 is 4.79 Å². The van der Waals surface area contributed by atoms with E-state index in [0.717, 1.165) is 16.9 Å². The first-order chi connectivity index (χ1) is 15.0. The molecule has 0 aliphatic carbocycles. The smallest absolute Gasteiger partial charge is 0.295 e. The highest BCUT2D eigenvalue weighted by molar-refractivity contribution is 7.99. The minimum absolute atomic E-state index is 0.129. The molecule has 0 saturated carbocycles. The Morgan fingerprint density at radius 2 is 1.71 bits per heavy atom. The van der Waals surface area contributed by atoms with Gasteiger partial charge in [-0.2, -0.15) is 0 Å². The van der Waals surface area contributed by atoms with Gasteiger partial charge in [0.2, 0.25) is 5.91 Å². The van der Waals surface area contributed by atoms with Crippen LogP contribution in [-0.4, -0.2) is 31.0 Å². The number of nitrogens with one attached hydrogen (secondary N) is 1. The van der Waals surface area contributed by atoms with Crippen LogP contribution in [-0.2, 0) is 11.8 Å². The van der Waals surface area contributed by atoms with Gasteiger partial charge >= 0.3 is 0 Å². The number of amides is 1. The van der Waals surface area contributed by atoms with Crippen molar-refractivity contribution in [1.29, 1.82) is 0 Å². The number of carbonyl (C=O) groups is 1. The predicted molar refractivity (Wildman–Crippen MR) is 123 cm³/mol. The molecule has 4 aromatic rings. The Balaban J connectivity index is 1.48. The molecule has 0 fully saturated rings. The zero-order chi connectivity index (χ0) is 21.8. The van der Waals surface area contributed by atoms with Crippen molar-refractivity contribution >= 4 is 23.4 Å². The molecule has 2 aromatic heterocycles. The molecule has 0 aliphatic rings. The van der Waals surface area contributed by atoms with Crippen LogP contribution in [0.3, 0.4) is 0 Å². The Morgan fingerprint density at radius 3 is 2.42 bits per heavy atom. The molecule has 1 N–H and O–H groups in total. The average Bonchev–Trinajstić information content (AvgIpc) is 3.02. The first-order valence-corrected chi connectivity index (χ1v) is 10.7. The molecule has 4 rings (SSSR count). The van der Waals surface area contributed by atoms with Gasteiger partial charge in [-0.05, 0) is 25.1 Å². The second kappa shape index (κ2) is 9.01. The van der Waals surface area contributed by atoms with Gasteiger partial charge in [0.05, 0.1) is 22.8 Å². The summed E-state index contributed by atoms with van der Waals surface area (Å²) in [7, 11) is 1.79. The topological polar surface area (TPSA) is 81.8 Å². The number of benzene rings is 2. The molecule has 0 aliphatic heterocycles. The Labute approximate surface area is 183 Å². The molecular formula is C23H21N5O2S. The second-order valence-electron chi connectivity index (χ2n) is 6.88. The monoisotopic (exact) mass is 431 g/mol. The summed E-state index contributed by atoms with van der Waals surface area (Å²) in [5.41, 5.74) is 3.21. The van der Waals surface area contributed by atoms with E-state index in [1.165, 1.54) is 22.8 Å². The van der Waals surface area contributed by atoms with Crippen LogP contribution in [0.5, 0.6) is 0 Å². The fourth-order valence-electron chi connectivity index (χ4n) is 3.21. The Hall–Kier alpha value is -3.65. The first-order valence-electron chi connectivity index (χ1n) is 9.68. The van der Waals surface area contributed by atoms with Crippen LogP contribution in [0.25, 0.3) is 16.9 Å². The summed E-state index contributed by atoms with van der Waals surface area (Å²) in [6, 6.07) is 21.0. The number of thioether (sulfide) groups is 1. The molecule has 8 heteroatoms. The van der Waals surface area contributed by atoms with Crippen LogP contribution >= 0.6 is 11.8 Å². The van der Waals surface area contributed by atoms with Crippen LogP contribution in [0.15, 0.2) is 82.9 Å². The average molecular weight is 432 g/mol. The summed E-state index contributed by atoms with van der Waals surface area (Å²) in [6.45, 7) is 1.81. The van der Waals surface area contributed by atoms with Gasteiger partial charge in [-0.1, -0.05) is 60.3 Å². The maximum absolute atomic E-state index is 12.9. The third-order valence-electron chi connectivity index (χ3n) is 4.88. The third-order valence-corrected chi connectivity index (χ3v) is 5.81. The molecule has 1 amide bonds. The lowest BCUT2D eigenvalue weighted by Gasteiger charge is -2.07. The van der Waals surface area contributed by atoms with Crippen LogP contribution < -0.4 is 10.9 Å². The predicted octanol–water partition coefficient (Wildman–Crippen LogP) is 3.67. The number of hydrogen-bond donors (Lipinski definition) is 1. The summed E-state index contributed by atoms with van der Waals surface area (Å²) in [4.78, 5) is 34.0. The van der Waals surface area contributed by atoms with Gasteiger partial charge in [0.25, 0.3) is 5.56 Å². The van der Waals surface area contributed by atoms with Crippen molar-refractivity contribution in [3.63, 3.8) is 0 Å². The second-order valence-corrected chi connectivity index (χ2v) is 7.88. The molecule has 0 atom stereocenters. The normalized spacial score (nSPS) is 10.8. The molecule has 0 saturated heterocycles. The fraction of sp³-hybridized carbons (Fsp3) is 0.130. The standard InChI is InChI=1S/C23H21N5O2S/c1-16-22(23(30)28(27(16)2)18-11-7-4-8-12-18)26-20(29)14-31-21-13-19(24-15-25-21)17-9-5-3-6-10-17/h3-13,15H,14H2,1-2H3,(H,26,29). The van der Waals surface area contributed by atoms with Gasteiger partial charge in [0.1, 0.15) is 17.0 Å². The number of rotatable bonds is 6. The number of para-hydroxylation sites is 1. The molecule has 31 heavy (non-hydrogen) atoms. The Bertz CT molecular complexity index is 1270. The van der Waals surface area contributed by atoms with Crippen molar-refractivity contribution in [3.8, 4) is 16.9 Å². The van der Waals surface area contributed by atoms with Crippen LogP contribution in [0.1, 0.15) is 5.69 Å². The number of aromatic nitrogens is 4. The fourth-order valence-corrected chi connectivity index (χ4v) is 3.88. The van der Waals surface area contributed by atoms with E-state index in [1.807, 2.05) is 66.7 Å². The van der Waals surface area contributed by atoms with E-state index >= 15 is 0 Å². The molecule has 0 radical (unpaired) electrons. The highest BCUT2D eigenvalue weighted by atomic mass is 32.2. The Kier molecular flexibility index (Phi) is 5.99. The van der Waals surface area contributed by atoms with Crippen molar-refractivity contribution in [2.24, 2.45) is 7.05 Å². The van der Waals surface area contributed by atoms with Crippen molar-refractivity contribution in [3.05, 3.63) is 89.1 Å². The van der Waals surface area contributed by atoms with E-state index in [9.17, 15) is 9.59 Å². The molecule has 2 heterocycles. The molecule has 156 valence electrons. The summed E-state index contributed by atoms with van der Waals surface area (Å²) >= 11 is 1.30. The summed E-state index contributed by atoms with van der Waals surface area (Å²) < 4.78 is 3.27. The van der Waals surface area contributed by atoms with E-state index < -0.39 is 0 Å². The Morgan fingerprint density at radius 1 is 1.03 bits per heavy atom. The van der Waals surface area contributed by atoms with Crippen LogP contribution in [0.4, 0.5) is 5.69 Å². The third kappa shape index (κ3) is 4.44. The highest BCUT2D eigenvalue weighted by Crippen LogP contribution is 2.22. The SMILES string of the molecule is Cc1c(NC(=O)CSc2cc(-c3ccccc3)ncn2)c(=O)n(-c2ccccc2)n1C. The molecule has 7 nitrogen and oxygen atoms in total. The highest BCUT2D eigenvalue weighted by Gasteiger charge is 2.18. The number of anilines is 1. The molecular weight excluding hydrogens is 410 g/mol. The van der Waals surface area contributed by atoms with Gasteiger partial charge in [-0.15, -0.1) is 0 Å². The molecule has 0 unspecified atom stereocenters. The van der Waals surface area contributed by atoms with E-state index in [-0.39, 0.29) is 22.9 Å². The van der Waals surface area contributed by atoms with Gasteiger partial charge in [0, 0.05) is 12.6 Å². The van der Waals surface area contributed by atoms with Gasteiger partial charge in [-0.3, -0.25) is 14.3 Å². The number of nitrogens with zero attached hydrogens (tertiary/aromatic N) is 4. The lowest BCUT2D eigenvalue weighted by molar-refractivity contribution is -0.113. The van der Waals surface area contributed by atoms with Crippen molar-refractivity contribution in [2.45, 2.75) is 11.9 Å². The van der Waals surface area contributed by atoms with E-state index in [0.29, 0.717) is 10.7 Å². The van der Waals surface area contributed by atoms with Crippen LogP contribution in [0.2, 0.25) is 0 Å². The zero-order valence-corrected chi connectivity index (χ0v) is 18.0. The number of carbonyl (C=O) groups excluding carboxylic acids is 1. The maximum Gasteiger partial charge on any atom is 0.295 e. The van der Waals surface area contributed by atoms with Crippen LogP contribution in [0, 0.1) is 6.92 Å². The molecule has 2 aromatic carbocycles. The summed E-state index contributed by atoms with van der Waals surface area (Å²) in [6.07, 6.45) is 1.49.